The van der Waals surface area contributed by atoms with Crippen molar-refractivity contribution >= 4 is 11.8 Å². The molecule has 1 aromatic rings. The molecule has 0 heterocycles. The predicted octanol–water partition coefficient (Wildman–Crippen LogP) is 2.83. The summed E-state index contributed by atoms with van der Waals surface area (Å²) in [6.45, 7) is 5.20. The normalized spacial score (nSPS) is 11.9. The number of aliphatic carboxylic acids is 1. The van der Waals surface area contributed by atoms with E-state index >= 15 is 0 Å². The number of ether oxygens (including phenoxy) is 1. The Morgan fingerprint density at radius 1 is 1.39 bits per heavy atom. The maximum atomic E-state index is 11.2. The predicted molar refractivity (Wildman–Crippen MR) is 68.1 cm³/mol. The van der Waals surface area contributed by atoms with Crippen LogP contribution in [0.3, 0.4) is 0 Å². The standard InChI is InChI=1S/C14H18O4/c1-4-5-13(14(16)17)18-12-7-6-11(10(3)15)8-9(12)2/h6-8,13H,4-5H2,1-3H3,(H,16,17). The number of hydrogen-bond acceptors (Lipinski definition) is 3. The van der Waals surface area contributed by atoms with Gasteiger partial charge in [0.25, 0.3) is 0 Å². The molecule has 0 aliphatic rings. The van der Waals surface area contributed by atoms with Gasteiger partial charge in [-0.05, 0) is 44.0 Å². The van der Waals surface area contributed by atoms with E-state index in [9.17, 15) is 9.59 Å². The average molecular weight is 250 g/mol. The number of carbonyl (C=O) groups is 2. The van der Waals surface area contributed by atoms with Gasteiger partial charge in [0.2, 0.25) is 0 Å². The Kier molecular flexibility index (Phi) is 4.89. The molecule has 0 amide bonds. The zero-order valence-corrected chi connectivity index (χ0v) is 10.9. The zero-order chi connectivity index (χ0) is 13.7. The highest BCUT2D eigenvalue weighted by Crippen LogP contribution is 2.22. The fourth-order valence-electron chi connectivity index (χ4n) is 1.65. The van der Waals surface area contributed by atoms with Crippen molar-refractivity contribution in [2.75, 3.05) is 0 Å². The van der Waals surface area contributed by atoms with Crippen LogP contribution in [0.5, 0.6) is 5.75 Å². The Morgan fingerprint density at radius 3 is 2.50 bits per heavy atom. The van der Waals surface area contributed by atoms with Gasteiger partial charge in [0.15, 0.2) is 11.9 Å². The van der Waals surface area contributed by atoms with Crippen LogP contribution in [0, 0.1) is 6.92 Å². The largest absolute Gasteiger partial charge is 0.479 e. The minimum absolute atomic E-state index is 0.0204. The van der Waals surface area contributed by atoms with Crippen LogP contribution < -0.4 is 4.74 Å². The second kappa shape index (κ2) is 6.19. The SMILES string of the molecule is CCCC(Oc1ccc(C(C)=O)cc1C)C(=O)O. The summed E-state index contributed by atoms with van der Waals surface area (Å²) in [5.41, 5.74) is 1.37. The zero-order valence-electron chi connectivity index (χ0n) is 10.9. The Balaban J connectivity index is 2.90. The van der Waals surface area contributed by atoms with Gasteiger partial charge in [-0.2, -0.15) is 0 Å². The highest BCUT2D eigenvalue weighted by atomic mass is 16.5. The molecule has 1 unspecified atom stereocenters. The molecular formula is C14H18O4. The number of hydrogen-bond donors (Lipinski definition) is 1. The van der Waals surface area contributed by atoms with Crippen LogP contribution in [0.1, 0.15) is 42.6 Å². The molecule has 0 aromatic heterocycles. The van der Waals surface area contributed by atoms with E-state index in [4.69, 9.17) is 9.84 Å². The van der Waals surface area contributed by atoms with E-state index in [0.29, 0.717) is 17.7 Å². The molecule has 4 nitrogen and oxygen atoms in total. The highest BCUT2D eigenvalue weighted by Gasteiger charge is 2.19. The van der Waals surface area contributed by atoms with Gasteiger partial charge >= 0.3 is 5.97 Å². The van der Waals surface area contributed by atoms with Gasteiger partial charge in [0.05, 0.1) is 0 Å². The van der Waals surface area contributed by atoms with E-state index in [1.54, 1.807) is 25.1 Å². The molecule has 0 radical (unpaired) electrons. The molecule has 0 saturated heterocycles. The number of rotatable bonds is 6. The van der Waals surface area contributed by atoms with Gasteiger partial charge in [-0.25, -0.2) is 4.79 Å². The van der Waals surface area contributed by atoms with Crippen molar-refractivity contribution in [3.63, 3.8) is 0 Å². The van der Waals surface area contributed by atoms with Crippen molar-refractivity contribution in [2.24, 2.45) is 0 Å². The summed E-state index contributed by atoms with van der Waals surface area (Å²) >= 11 is 0. The lowest BCUT2D eigenvalue weighted by molar-refractivity contribution is -0.145. The third kappa shape index (κ3) is 3.58. The van der Waals surface area contributed by atoms with Gasteiger partial charge in [-0.15, -0.1) is 0 Å². The lowest BCUT2D eigenvalue weighted by atomic mass is 10.1. The summed E-state index contributed by atoms with van der Waals surface area (Å²) in [6, 6.07) is 5.01. The number of benzene rings is 1. The number of carboxylic acids is 1. The van der Waals surface area contributed by atoms with Gasteiger partial charge < -0.3 is 9.84 Å². The first-order valence-corrected chi connectivity index (χ1v) is 5.96. The van der Waals surface area contributed by atoms with Crippen LogP contribution in [0.4, 0.5) is 0 Å². The molecular weight excluding hydrogens is 232 g/mol. The molecule has 0 bridgehead atoms. The average Bonchev–Trinajstić information content (AvgIpc) is 2.30. The number of ketones is 1. The van der Waals surface area contributed by atoms with Crippen LogP contribution in [0.15, 0.2) is 18.2 Å². The summed E-state index contributed by atoms with van der Waals surface area (Å²) in [6.07, 6.45) is 0.363. The van der Waals surface area contributed by atoms with Crippen LogP contribution in [0.2, 0.25) is 0 Å². The molecule has 1 rings (SSSR count). The van der Waals surface area contributed by atoms with Gasteiger partial charge in [-0.1, -0.05) is 13.3 Å². The molecule has 0 spiro atoms. The number of carboxylic acid groups (broad SMARTS) is 1. The van der Waals surface area contributed by atoms with Crippen LogP contribution in [-0.2, 0) is 4.79 Å². The van der Waals surface area contributed by atoms with Crippen molar-refractivity contribution in [3.05, 3.63) is 29.3 Å². The van der Waals surface area contributed by atoms with Gasteiger partial charge in [0.1, 0.15) is 5.75 Å². The van der Waals surface area contributed by atoms with Gasteiger partial charge in [-0.3, -0.25) is 4.79 Å². The first kappa shape index (κ1) is 14.2. The Hall–Kier alpha value is -1.84. The second-order valence-corrected chi connectivity index (χ2v) is 4.27. The molecule has 1 aromatic carbocycles. The Morgan fingerprint density at radius 2 is 2.06 bits per heavy atom. The first-order chi connectivity index (χ1) is 8.45. The molecule has 4 heteroatoms. The quantitative estimate of drug-likeness (QED) is 0.788. The molecule has 0 fully saturated rings. The molecule has 1 N–H and O–H groups in total. The topological polar surface area (TPSA) is 63.6 Å². The molecule has 0 saturated carbocycles. The van der Waals surface area contributed by atoms with E-state index in [1.165, 1.54) is 6.92 Å². The van der Waals surface area contributed by atoms with E-state index < -0.39 is 12.1 Å². The molecule has 18 heavy (non-hydrogen) atoms. The fourth-order valence-corrected chi connectivity index (χ4v) is 1.65. The van der Waals surface area contributed by atoms with Crippen LogP contribution in [0.25, 0.3) is 0 Å². The third-order valence-electron chi connectivity index (χ3n) is 2.68. The van der Waals surface area contributed by atoms with Gasteiger partial charge in [0, 0.05) is 5.56 Å². The van der Waals surface area contributed by atoms with E-state index in [-0.39, 0.29) is 5.78 Å². The number of aryl methyl sites for hydroxylation is 1. The third-order valence-corrected chi connectivity index (χ3v) is 2.68. The summed E-state index contributed by atoms with van der Waals surface area (Å²) in [5.74, 6) is -0.472. The maximum Gasteiger partial charge on any atom is 0.344 e. The molecule has 1 atom stereocenters. The minimum atomic E-state index is -0.966. The Bertz CT molecular complexity index is 451. The lowest BCUT2D eigenvalue weighted by Gasteiger charge is -2.16. The fraction of sp³-hybridized carbons (Fsp3) is 0.429. The van der Waals surface area contributed by atoms with Crippen molar-refractivity contribution in [2.45, 2.75) is 39.7 Å². The number of Topliss-reactive ketones (excluding diaryl/α,β-unsaturated/α-hetero) is 1. The van der Waals surface area contributed by atoms with E-state index in [2.05, 4.69) is 0 Å². The van der Waals surface area contributed by atoms with Crippen molar-refractivity contribution in [1.82, 2.24) is 0 Å². The van der Waals surface area contributed by atoms with E-state index in [0.717, 1.165) is 12.0 Å². The number of carbonyl (C=O) groups excluding carboxylic acids is 1. The van der Waals surface area contributed by atoms with E-state index in [1.807, 2.05) is 6.92 Å². The highest BCUT2D eigenvalue weighted by molar-refractivity contribution is 5.94. The van der Waals surface area contributed by atoms with Crippen LogP contribution in [-0.4, -0.2) is 23.0 Å². The molecule has 98 valence electrons. The minimum Gasteiger partial charge on any atom is -0.479 e. The monoisotopic (exact) mass is 250 g/mol. The molecule has 0 aliphatic heterocycles. The second-order valence-electron chi connectivity index (χ2n) is 4.27. The summed E-state index contributed by atoms with van der Waals surface area (Å²) in [5, 5.41) is 9.02. The summed E-state index contributed by atoms with van der Waals surface area (Å²) in [7, 11) is 0. The first-order valence-electron chi connectivity index (χ1n) is 5.96. The van der Waals surface area contributed by atoms with Crippen molar-refractivity contribution < 1.29 is 19.4 Å². The smallest absolute Gasteiger partial charge is 0.344 e. The molecule has 0 aliphatic carbocycles. The summed E-state index contributed by atoms with van der Waals surface area (Å²) < 4.78 is 5.47. The summed E-state index contributed by atoms with van der Waals surface area (Å²) in [4.78, 5) is 22.2. The van der Waals surface area contributed by atoms with Crippen molar-refractivity contribution in [1.29, 1.82) is 0 Å². The lowest BCUT2D eigenvalue weighted by Crippen LogP contribution is -2.27. The Labute approximate surface area is 107 Å². The maximum absolute atomic E-state index is 11.2. The van der Waals surface area contributed by atoms with Crippen LogP contribution >= 0.6 is 0 Å². The van der Waals surface area contributed by atoms with Crippen molar-refractivity contribution in [3.8, 4) is 5.75 Å².